The molecule has 0 saturated carbocycles. The fourth-order valence-corrected chi connectivity index (χ4v) is 2.56. The van der Waals surface area contributed by atoms with E-state index in [0.29, 0.717) is 13.3 Å². The minimum Gasteiger partial charge on any atom is -0.454 e. The number of nitrogens with one attached hydrogen (secondary N) is 2. The SMILES string of the molecule is CN=C(NCCc1ccc(Cl)cc1)NCc1ccc2c(c1)OCO2. The Labute approximate surface area is 146 Å². The van der Waals surface area contributed by atoms with Gasteiger partial charge >= 0.3 is 0 Å². The summed E-state index contributed by atoms with van der Waals surface area (Å²) >= 11 is 5.89. The Morgan fingerprint density at radius 1 is 1.04 bits per heavy atom. The van der Waals surface area contributed by atoms with Gasteiger partial charge in [-0.1, -0.05) is 29.8 Å². The third kappa shape index (κ3) is 4.32. The van der Waals surface area contributed by atoms with Crippen LogP contribution in [0.4, 0.5) is 0 Å². The number of guanidine groups is 1. The second-order valence-corrected chi connectivity index (χ2v) is 5.85. The molecule has 0 saturated heterocycles. The molecular formula is C18H20ClN3O2. The van der Waals surface area contributed by atoms with Gasteiger partial charge in [-0.05, 0) is 41.8 Å². The van der Waals surface area contributed by atoms with Crippen molar-refractivity contribution < 1.29 is 9.47 Å². The van der Waals surface area contributed by atoms with E-state index in [-0.39, 0.29) is 0 Å². The van der Waals surface area contributed by atoms with Crippen molar-refractivity contribution in [2.24, 2.45) is 4.99 Å². The largest absolute Gasteiger partial charge is 0.454 e. The third-order valence-corrected chi connectivity index (χ3v) is 3.99. The molecule has 6 heteroatoms. The van der Waals surface area contributed by atoms with Crippen molar-refractivity contribution in [3.8, 4) is 11.5 Å². The van der Waals surface area contributed by atoms with Crippen LogP contribution in [-0.4, -0.2) is 26.3 Å². The molecule has 5 nitrogen and oxygen atoms in total. The van der Waals surface area contributed by atoms with E-state index in [4.69, 9.17) is 21.1 Å². The first kappa shape index (κ1) is 16.5. The van der Waals surface area contributed by atoms with E-state index in [2.05, 4.69) is 15.6 Å². The average Bonchev–Trinajstić information content (AvgIpc) is 3.07. The quantitative estimate of drug-likeness (QED) is 0.646. The summed E-state index contributed by atoms with van der Waals surface area (Å²) < 4.78 is 10.7. The molecule has 126 valence electrons. The topological polar surface area (TPSA) is 54.9 Å². The lowest BCUT2D eigenvalue weighted by Gasteiger charge is -2.12. The Morgan fingerprint density at radius 3 is 2.58 bits per heavy atom. The number of hydrogen-bond donors (Lipinski definition) is 2. The van der Waals surface area contributed by atoms with Gasteiger partial charge in [-0.15, -0.1) is 0 Å². The molecule has 0 atom stereocenters. The van der Waals surface area contributed by atoms with Crippen molar-refractivity contribution in [2.45, 2.75) is 13.0 Å². The van der Waals surface area contributed by atoms with Crippen molar-refractivity contribution in [1.82, 2.24) is 10.6 Å². The highest BCUT2D eigenvalue weighted by Crippen LogP contribution is 2.32. The molecule has 0 aromatic heterocycles. The molecule has 0 amide bonds. The van der Waals surface area contributed by atoms with Gasteiger partial charge in [0, 0.05) is 25.2 Å². The van der Waals surface area contributed by atoms with E-state index in [1.807, 2.05) is 42.5 Å². The highest BCUT2D eigenvalue weighted by atomic mass is 35.5. The lowest BCUT2D eigenvalue weighted by atomic mass is 10.1. The number of halogens is 1. The summed E-state index contributed by atoms with van der Waals surface area (Å²) in [7, 11) is 1.76. The zero-order valence-electron chi connectivity index (χ0n) is 13.5. The van der Waals surface area contributed by atoms with Crippen molar-refractivity contribution in [3.05, 3.63) is 58.6 Å². The van der Waals surface area contributed by atoms with E-state index in [1.165, 1.54) is 5.56 Å². The summed E-state index contributed by atoms with van der Waals surface area (Å²) in [6.07, 6.45) is 0.905. The molecule has 0 bridgehead atoms. The molecule has 1 aliphatic rings. The molecule has 2 aromatic carbocycles. The zero-order valence-corrected chi connectivity index (χ0v) is 14.3. The summed E-state index contributed by atoms with van der Waals surface area (Å²) in [6.45, 7) is 1.75. The van der Waals surface area contributed by atoms with E-state index in [0.717, 1.165) is 41.0 Å². The van der Waals surface area contributed by atoms with Crippen LogP contribution in [0.1, 0.15) is 11.1 Å². The molecule has 0 spiro atoms. The Morgan fingerprint density at radius 2 is 1.79 bits per heavy atom. The van der Waals surface area contributed by atoms with Crippen LogP contribution in [0.15, 0.2) is 47.5 Å². The van der Waals surface area contributed by atoms with Crippen LogP contribution >= 0.6 is 11.6 Å². The number of rotatable bonds is 5. The van der Waals surface area contributed by atoms with Crippen LogP contribution in [-0.2, 0) is 13.0 Å². The van der Waals surface area contributed by atoms with Crippen LogP contribution in [0.25, 0.3) is 0 Å². The van der Waals surface area contributed by atoms with Crippen LogP contribution in [0.3, 0.4) is 0 Å². The van der Waals surface area contributed by atoms with Gasteiger partial charge in [0.25, 0.3) is 0 Å². The van der Waals surface area contributed by atoms with E-state index in [9.17, 15) is 0 Å². The summed E-state index contributed by atoms with van der Waals surface area (Å²) in [5.41, 5.74) is 2.35. The standard InChI is InChI=1S/C18H20ClN3O2/c1-20-18(21-9-8-13-2-5-15(19)6-3-13)22-11-14-4-7-16-17(10-14)24-12-23-16/h2-7,10H,8-9,11-12H2,1H3,(H2,20,21,22). The molecular weight excluding hydrogens is 326 g/mol. The fourth-order valence-electron chi connectivity index (χ4n) is 2.43. The molecule has 0 radical (unpaired) electrons. The minimum atomic E-state index is 0.292. The first-order chi connectivity index (χ1) is 11.7. The number of benzene rings is 2. The molecule has 2 aromatic rings. The number of hydrogen-bond acceptors (Lipinski definition) is 3. The zero-order chi connectivity index (χ0) is 16.8. The summed E-state index contributed by atoms with van der Waals surface area (Å²) in [6, 6.07) is 13.8. The highest BCUT2D eigenvalue weighted by Gasteiger charge is 2.13. The first-order valence-electron chi connectivity index (χ1n) is 7.82. The van der Waals surface area contributed by atoms with E-state index < -0.39 is 0 Å². The summed E-state index contributed by atoms with van der Waals surface area (Å²) in [5.74, 6) is 2.35. The number of fused-ring (bicyclic) bond motifs is 1. The fraction of sp³-hybridized carbons (Fsp3) is 0.278. The highest BCUT2D eigenvalue weighted by molar-refractivity contribution is 6.30. The Balaban J connectivity index is 1.46. The summed E-state index contributed by atoms with van der Waals surface area (Å²) in [4.78, 5) is 4.24. The van der Waals surface area contributed by atoms with E-state index >= 15 is 0 Å². The monoisotopic (exact) mass is 345 g/mol. The lowest BCUT2D eigenvalue weighted by molar-refractivity contribution is 0.174. The van der Waals surface area contributed by atoms with Gasteiger partial charge in [-0.25, -0.2) is 0 Å². The number of nitrogens with zero attached hydrogens (tertiary/aromatic N) is 1. The maximum absolute atomic E-state index is 5.89. The summed E-state index contributed by atoms with van der Waals surface area (Å²) in [5, 5.41) is 7.36. The van der Waals surface area contributed by atoms with Gasteiger partial charge < -0.3 is 20.1 Å². The Kier molecular flexibility index (Phi) is 5.43. The van der Waals surface area contributed by atoms with Gasteiger partial charge in [0.2, 0.25) is 6.79 Å². The average molecular weight is 346 g/mol. The van der Waals surface area contributed by atoms with Gasteiger partial charge in [-0.3, -0.25) is 4.99 Å². The first-order valence-corrected chi connectivity index (χ1v) is 8.20. The van der Waals surface area contributed by atoms with E-state index in [1.54, 1.807) is 7.05 Å². The van der Waals surface area contributed by atoms with Crippen molar-refractivity contribution in [3.63, 3.8) is 0 Å². The molecule has 0 aliphatic carbocycles. The van der Waals surface area contributed by atoms with Crippen LogP contribution in [0.2, 0.25) is 5.02 Å². The maximum Gasteiger partial charge on any atom is 0.231 e. The molecule has 1 heterocycles. The lowest BCUT2D eigenvalue weighted by Crippen LogP contribution is -2.37. The maximum atomic E-state index is 5.89. The minimum absolute atomic E-state index is 0.292. The second kappa shape index (κ2) is 7.93. The molecule has 2 N–H and O–H groups in total. The third-order valence-electron chi connectivity index (χ3n) is 3.74. The van der Waals surface area contributed by atoms with Gasteiger partial charge in [-0.2, -0.15) is 0 Å². The van der Waals surface area contributed by atoms with Gasteiger partial charge in [0.15, 0.2) is 17.5 Å². The second-order valence-electron chi connectivity index (χ2n) is 5.42. The molecule has 0 fully saturated rings. The number of aliphatic imine (C=N–C) groups is 1. The van der Waals surface area contributed by atoms with Crippen LogP contribution in [0, 0.1) is 0 Å². The molecule has 3 rings (SSSR count). The van der Waals surface area contributed by atoms with Crippen molar-refractivity contribution in [2.75, 3.05) is 20.4 Å². The molecule has 24 heavy (non-hydrogen) atoms. The van der Waals surface area contributed by atoms with Gasteiger partial charge in [0.1, 0.15) is 0 Å². The van der Waals surface area contributed by atoms with Crippen molar-refractivity contribution in [1.29, 1.82) is 0 Å². The van der Waals surface area contributed by atoms with Crippen molar-refractivity contribution >= 4 is 17.6 Å². The Hall–Kier alpha value is -2.40. The molecule has 1 aliphatic heterocycles. The Bertz CT molecular complexity index is 717. The predicted molar refractivity (Wildman–Crippen MR) is 95.9 cm³/mol. The van der Waals surface area contributed by atoms with Crippen LogP contribution in [0.5, 0.6) is 11.5 Å². The predicted octanol–water partition coefficient (Wildman–Crippen LogP) is 2.98. The number of ether oxygens (including phenoxy) is 2. The van der Waals surface area contributed by atoms with Gasteiger partial charge in [0.05, 0.1) is 0 Å². The normalized spacial score (nSPS) is 13.0. The van der Waals surface area contributed by atoms with Crippen LogP contribution < -0.4 is 20.1 Å². The molecule has 0 unspecified atom stereocenters. The smallest absolute Gasteiger partial charge is 0.231 e.